The van der Waals surface area contributed by atoms with Crippen LogP contribution >= 0.6 is 22.7 Å². The molecule has 2 aromatic heterocycles. The molecule has 2 aromatic rings. The summed E-state index contributed by atoms with van der Waals surface area (Å²) in [5.41, 5.74) is 0. The molecule has 0 aliphatic heterocycles. The number of rotatable bonds is 4. The Morgan fingerprint density at radius 1 is 1.07 bits per heavy atom. The van der Waals surface area contributed by atoms with Crippen LogP contribution in [0.25, 0.3) is 0 Å². The van der Waals surface area contributed by atoms with Crippen molar-refractivity contribution < 1.29 is 4.21 Å². The van der Waals surface area contributed by atoms with Crippen molar-refractivity contribution in [1.29, 1.82) is 0 Å². The normalized spacial score (nSPS) is 10.9. The van der Waals surface area contributed by atoms with E-state index in [0.29, 0.717) is 11.5 Å². The molecule has 0 radical (unpaired) electrons. The quantitative estimate of drug-likeness (QED) is 0.826. The highest BCUT2D eigenvalue weighted by atomic mass is 32.2. The molecule has 0 aliphatic rings. The van der Waals surface area contributed by atoms with Gasteiger partial charge in [0, 0.05) is 34.0 Å². The Morgan fingerprint density at radius 3 is 1.93 bits per heavy atom. The van der Waals surface area contributed by atoms with Crippen molar-refractivity contribution in [2.75, 3.05) is 0 Å². The fourth-order valence-corrected chi connectivity index (χ4v) is 3.91. The number of aromatic nitrogens is 2. The minimum absolute atomic E-state index is 0.539. The molecular formula is C8H8N2OS3. The third kappa shape index (κ3) is 2.70. The summed E-state index contributed by atoms with van der Waals surface area (Å²) in [7, 11) is -0.883. The lowest BCUT2D eigenvalue weighted by Crippen LogP contribution is -1.98. The molecule has 0 aliphatic carbocycles. The molecule has 0 N–H and O–H groups in total. The standard InChI is InChI=1S/C8H8N2OS3/c11-14(5-7-9-1-3-12-7)6-8-10-2-4-13-8/h1-4H,5-6H2. The van der Waals surface area contributed by atoms with E-state index in [2.05, 4.69) is 9.97 Å². The van der Waals surface area contributed by atoms with Crippen molar-refractivity contribution >= 4 is 33.5 Å². The van der Waals surface area contributed by atoms with Crippen molar-refractivity contribution in [1.82, 2.24) is 9.97 Å². The van der Waals surface area contributed by atoms with Crippen molar-refractivity contribution in [3.63, 3.8) is 0 Å². The fourth-order valence-electron chi connectivity index (χ4n) is 0.975. The maximum atomic E-state index is 11.6. The molecule has 2 rings (SSSR count). The number of thiazole rings is 2. The second-order valence-electron chi connectivity index (χ2n) is 2.58. The Hall–Kier alpha value is -0.590. The summed E-state index contributed by atoms with van der Waals surface area (Å²) in [6, 6.07) is 0. The van der Waals surface area contributed by atoms with Gasteiger partial charge >= 0.3 is 0 Å². The molecule has 0 saturated heterocycles. The van der Waals surface area contributed by atoms with Gasteiger partial charge in [-0.3, -0.25) is 4.21 Å². The number of nitrogens with zero attached hydrogens (tertiary/aromatic N) is 2. The Labute approximate surface area is 92.3 Å². The summed E-state index contributed by atoms with van der Waals surface area (Å²) in [5, 5.41) is 5.66. The third-order valence-electron chi connectivity index (χ3n) is 1.54. The zero-order valence-electron chi connectivity index (χ0n) is 7.25. The first-order valence-electron chi connectivity index (χ1n) is 3.96. The van der Waals surface area contributed by atoms with Crippen molar-refractivity contribution in [3.8, 4) is 0 Å². The minimum atomic E-state index is -0.883. The van der Waals surface area contributed by atoms with Gasteiger partial charge in [-0.05, 0) is 0 Å². The first-order chi connectivity index (χ1) is 6.84. The predicted octanol–water partition coefficient (Wildman–Crippen LogP) is 2.05. The SMILES string of the molecule is O=S(Cc1nccs1)Cc1nccs1. The molecule has 0 fully saturated rings. The summed E-state index contributed by atoms with van der Waals surface area (Å²) >= 11 is 3.09. The average molecular weight is 244 g/mol. The third-order valence-corrected chi connectivity index (χ3v) is 4.65. The zero-order valence-corrected chi connectivity index (χ0v) is 9.70. The van der Waals surface area contributed by atoms with Crippen LogP contribution in [-0.4, -0.2) is 14.2 Å². The van der Waals surface area contributed by atoms with E-state index in [1.165, 1.54) is 0 Å². The minimum Gasteiger partial charge on any atom is -0.259 e. The smallest absolute Gasteiger partial charge is 0.105 e. The predicted molar refractivity (Wildman–Crippen MR) is 59.8 cm³/mol. The van der Waals surface area contributed by atoms with Crippen LogP contribution in [0.2, 0.25) is 0 Å². The van der Waals surface area contributed by atoms with Gasteiger partial charge in [-0.15, -0.1) is 22.7 Å². The molecule has 74 valence electrons. The van der Waals surface area contributed by atoms with Gasteiger partial charge in [-0.1, -0.05) is 0 Å². The van der Waals surface area contributed by atoms with Gasteiger partial charge in [0.05, 0.1) is 11.5 Å². The maximum Gasteiger partial charge on any atom is 0.105 e. The first kappa shape index (κ1) is 9.95. The topological polar surface area (TPSA) is 42.9 Å². The average Bonchev–Trinajstić information content (AvgIpc) is 2.76. The lowest BCUT2D eigenvalue weighted by Gasteiger charge is -1.95. The Kier molecular flexibility index (Phi) is 3.39. The van der Waals surface area contributed by atoms with Gasteiger partial charge < -0.3 is 0 Å². The maximum absolute atomic E-state index is 11.6. The van der Waals surface area contributed by atoms with Crippen LogP contribution in [0.1, 0.15) is 10.0 Å². The molecule has 0 saturated carbocycles. The Bertz CT molecular complexity index is 358. The van der Waals surface area contributed by atoms with Crippen molar-refractivity contribution in [3.05, 3.63) is 33.2 Å². The molecule has 14 heavy (non-hydrogen) atoms. The van der Waals surface area contributed by atoms with Crippen LogP contribution in [0.4, 0.5) is 0 Å². The van der Waals surface area contributed by atoms with Crippen molar-refractivity contribution in [2.45, 2.75) is 11.5 Å². The van der Waals surface area contributed by atoms with E-state index in [-0.39, 0.29) is 0 Å². The van der Waals surface area contributed by atoms with Crippen LogP contribution in [-0.2, 0) is 22.3 Å². The molecule has 3 nitrogen and oxygen atoms in total. The molecule has 0 unspecified atom stereocenters. The van der Waals surface area contributed by atoms with Gasteiger partial charge in [0.15, 0.2) is 0 Å². The van der Waals surface area contributed by atoms with E-state index < -0.39 is 10.8 Å². The van der Waals surface area contributed by atoms with Crippen LogP contribution in [0.15, 0.2) is 23.2 Å². The molecule has 0 amide bonds. The second kappa shape index (κ2) is 4.77. The lowest BCUT2D eigenvalue weighted by molar-refractivity contribution is 0.682. The lowest BCUT2D eigenvalue weighted by atomic mass is 10.8. The van der Waals surface area contributed by atoms with E-state index in [1.807, 2.05) is 10.8 Å². The molecule has 2 heterocycles. The molecule has 0 atom stereocenters. The molecule has 6 heteroatoms. The van der Waals surface area contributed by atoms with Crippen molar-refractivity contribution in [2.24, 2.45) is 0 Å². The Morgan fingerprint density at radius 2 is 1.57 bits per heavy atom. The van der Waals surface area contributed by atoms with Gasteiger partial charge in [0.2, 0.25) is 0 Å². The summed E-state index contributed by atoms with van der Waals surface area (Å²) < 4.78 is 11.6. The second-order valence-corrected chi connectivity index (χ2v) is 6.00. The first-order valence-corrected chi connectivity index (χ1v) is 7.21. The zero-order chi connectivity index (χ0) is 9.80. The monoisotopic (exact) mass is 244 g/mol. The molecular weight excluding hydrogens is 236 g/mol. The molecule has 0 bridgehead atoms. The van der Waals surface area contributed by atoms with Crippen LogP contribution in [0.5, 0.6) is 0 Å². The van der Waals surface area contributed by atoms with E-state index in [9.17, 15) is 4.21 Å². The van der Waals surface area contributed by atoms with E-state index in [1.54, 1.807) is 35.1 Å². The van der Waals surface area contributed by atoms with Crippen LogP contribution < -0.4 is 0 Å². The van der Waals surface area contributed by atoms with Crippen LogP contribution in [0.3, 0.4) is 0 Å². The highest BCUT2D eigenvalue weighted by molar-refractivity contribution is 7.83. The van der Waals surface area contributed by atoms with Gasteiger partial charge in [-0.2, -0.15) is 0 Å². The summed E-state index contributed by atoms with van der Waals surface area (Å²) in [6.45, 7) is 0. The van der Waals surface area contributed by atoms with Gasteiger partial charge in [-0.25, -0.2) is 9.97 Å². The number of hydrogen-bond acceptors (Lipinski definition) is 5. The highest BCUT2D eigenvalue weighted by Gasteiger charge is 2.06. The van der Waals surface area contributed by atoms with E-state index in [0.717, 1.165) is 10.0 Å². The summed E-state index contributed by atoms with van der Waals surface area (Å²) in [5.74, 6) is 1.08. The fraction of sp³-hybridized carbons (Fsp3) is 0.250. The van der Waals surface area contributed by atoms with E-state index >= 15 is 0 Å². The van der Waals surface area contributed by atoms with E-state index in [4.69, 9.17) is 0 Å². The van der Waals surface area contributed by atoms with Gasteiger partial charge in [0.25, 0.3) is 0 Å². The summed E-state index contributed by atoms with van der Waals surface area (Å²) in [6.07, 6.45) is 3.47. The highest BCUT2D eigenvalue weighted by Crippen LogP contribution is 2.12. The van der Waals surface area contributed by atoms with Gasteiger partial charge in [0.1, 0.15) is 10.0 Å². The van der Waals surface area contributed by atoms with Crippen LogP contribution in [0, 0.1) is 0 Å². The Balaban J connectivity index is 1.91. The molecule has 0 aromatic carbocycles. The largest absolute Gasteiger partial charge is 0.259 e. The molecule has 0 spiro atoms. The number of hydrogen-bond donors (Lipinski definition) is 0. The summed E-state index contributed by atoms with van der Waals surface area (Å²) in [4.78, 5) is 8.19.